The summed E-state index contributed by atoms with van der Waals surface area (Å²) in [6.45, 7) is 5.75. The number of ether oxygens (including phenoxy) is 1. The Labute approximate surface area is 119 Å². The number of nitrogens with one attached hydrogen (secondary N) is 1. The van der Waals surface area contributed by atoms with E-state index in [1.54, 1.807) is 6.92 Å². The number of para-hydroxylation sites is 1. The molecule has 2 rings (SSSR count). The fraction of sp³-hybridized carbons (Fsp3) is 0.235. The van der Waals surface area contributed by atoms with Gasteiger partial charge in [0.05, 0.1) is 0 Å². The van der Waals surface area contributed by atoms with Crippen LogP contribution in [-0.4, -0.2) is 12.0 Å². The van der Waals surface area contributed by atoms with Gasteiger partial charge in [0.25, 0.3) is 5.91 Å². The molecule has 0 heterocycles. The summed E-state index contributed by atoms with van der Waals surface area (Å²) >= 11 is 0. The number of aryl methyl sites for hydroxylation is 2. The van der Waals surface area contributed by atoms with Crippen molar-refractivity contribution < 1.29 is 9.53 Å². The SMILES string of the molecule is Cc1ccc(NC(=O)[C@@H](C)Oc2ccccc2)c(C)c1. The monoisotopic (exact) mass is 269 g/mol. The van der Waals surface area contributed by atoms with Crippen LogP contribution in [0.25, 0.3) is 0 Å². The molecular formula is C17H19NO2. The van der Waals surface area contributed by atoms with Crippen LogP contribution in [-0.2, 0) is 4.79 Å². The third kappa shape index (κ3) is 3.60. The number of benzene rings is 2. The van der Waals surface area contributed by atoms with E-state index in [0.29, 0.717) is 5.75 Å². The molecule has 1 N–H and O–H groups in total. The van der Waals surface area contributed by atoms with Crippen LogP contribution < -0.4 is 10.1 Å². The smallest absolute Gasteiger partial charge is 0.265 e. The first-order valence-electron chi connectivity index (χ1n) is 6.66. The van der Waals surface area contributed by atoms with Crippen molar-refractivity contribution in [1.82, 2.24) is 0 Å². The molecule has 0 saturated carbocycles. The Morgan fingerprint density at radius 1 is 1.10 bits per heavy atom. The molecule has 0 bridgehead atoms. The third-order valence-electron chi connectivity index (χ3n) is 3.07. The molecule has 1 atom stereocenters. The van der Waals surface area contributed by atoms with E-state index in [0.717, 1.165) is 11.3 Å². The maximum atomic E-state index is 12.1. The number of rotatable bonds is 4. The fourth-order valence-corrected chi connectivity index (χ4v) is 1.94. The molecule has 0 fully saturated rings. The largest absolute Gasteiger partial charge is 0.481 e. The number of carbonyl (C=O) groups excluding carboxylic acids is 1. The molecule has 2 aromatic carbocycles. The molecule has 0 saturated heterocycles. The Morgan fingerprint density at radius 3 is 2.45 bits per heavy atom. The van der Waals surface area contributed by atoms with E-state index in [9.17, 15) is 4.79 Å². The Bertz CT molecular complexity index is 593. The summed E-state index contributed by atoms with van der Waals surface area (Å²) in [6, 6.07) is 15.3. The molecule has 0 unspecified atom stereocenters. The summed E-state index contributed by atoms with van der Waals surface area (Å²) in [4.78, 5) is 12.1. The van der Waals surface area contributed by atoms with Gasteiger partial charge in [-0.3, -0.25) is 4.79 Å². The summed E-state index contributed by atoms with van der Waals surface area (Å²) in [5.74, 6) is 0.539. The standard InChI is InChI=1S/C17H19NO2/c1-12-9-10-16(13(2)11-12)18-17(19)14(3)20-15-7-5-4-6-8-15/h4-11,14H,1-3H3,(H,18,19)/t14-/m1/s1. The zero-order valence-corrected chi connectivity index (χ0v) is 12.0. The third-order valence-corrected chi connectivity index (χ3v) is 3.07. The second kappa shape index (κ2) is 6.24. The highest BCUT2D eigenvalue weighted by Gasteiger charge is 2.15. The molecule has 3 nitrogen and oxygen atoms in total. The lowest BCUT2D eigenvalue weighted by molar-refractivity contribution is -0.122. The minimum absolute atomic E-state index is 0.152. The second-order valence-electron chi connectivity index (χ2n) is 4.88. The number of amides is 1. The van der Waals surface area contributed by atoms with Crippen LogP contribution in [0.1, 0.15) is 18.1 Å². The maximum Gasteiger partial charge on any atom is 0.265 e. The molecule has 0 aliphatic carbocycles. The molecule has 104 valence electrons. The Hall–Kier alpha value is -2.29. The zero-order valence-electron chi connectivity index (χ0n) is 12.0. The number of carbonyl (C=O) groups is 1. The molecule has 0 radical (unpaired) electrons. The molecule has 0 spiro atoms. The quantitative estimate of drug-likeness (QED) is 0.919. The van der Waals surface area contributed by atoms with Crippen LogP contribution in [0.4, 0.5) is 5.69 Å². The van der Waals surface area contributed by atoms with Crippen molar-refractivity contribution in [2.75, 3.05) is 5.32 Å². The van der Waals surface area contributed by atoms with Gasteiger partial charge in [-0.05, 0) is 44.5 Å². The Morgan fingerprint density at radius 2 is 1.80 bits per heavy atom. The average Bonchev–Trinajstić information content (AvgIpc) is 2.43. The number of hydrogen-bond acceptors (Lipinski definition) is 2. The molecular weight excluding hydrogens is 250 g/mol. The summed E-state index contributed by atoms with van der Waals surface area (Å²) in [7, 11) is 0. The van der Waals surface area contributed by atoms with Crippen molar-refractivity contribution in [2.45, 2.75) is 26.9 Å². The predicted molar refractivity (Wildman–Crippen MR) is 81.1 cm³/mol. The zero-order chi connectivity index (χ0) is 14.5. The first kappa shape index (κ1) is 14.1. The summed E-state index contributed by atoms with van der Waals surface area (Å²) < 4.78 is 5.60. The minimum atomic E-state index is -0.543. The van der Waals surface area contributed by atoms with Gasteiger partial charge in [-0.2, -0.15) is 0 Å². The van der Waals surface area contributed by atoms with Crippen LogP contribution in [0.3, 0.4) is 0 Å². The van der Waals surface area contributed by atoms with Gasteiger partial charge in [-0.15, -0.1) is 0 Å². The van der Waals surface area contributed by atoms with E-state index in [1.807, 2.05) is 62.4 Å². The van der Waals surface area contributed by atoms with Crippen LogP contribution in [0.5, 0.6) is 5.75 Å². The van der Waals surface area contributed by atoms with Crippen molar-refractivity contribution in [2.24, 2.45) is 0 Å². The summed E-state index contributed by atoms with van der Waals surface area (Å²) in [6.07, 6.45) is -0.543. The highest BCUT2D eigenvalue weighted by Crippen LogP contribution is 2.17. The molecule has 0 aromatic heterocycles. The highest BCUT2D eigenvalue weighted by atomic mass is 16.5. The van der Waals surface area contributed by atoms with E-state index in [4.69, 9.17) is 4.74 Å². The van der Waals surface area contributed by atoms with Crippen LogP contribution in [0, 0.1) is 13.8 Å². The van der Waals surface area contributed by atoms with Gasteiger partial charge >= 0.3 is 0 Å². The topological polar surface area (TPSA) is 38.3 Å². The summed E-state index contributed by atoms with van der Waals surface area (Å²) in [5, 5.41) is 2.89. The van der Waals surface area contributed by atoms with E-state index in [-0.39, 0.29) is 5.91 Å². The van der Waals surface area contributed by atoms with Crippen molar-refractivity contribution in [1.29, 1.82) is 0 Å². The van der Waals surface area contributed by atoms with Crippen molar-refractivity contribution in [3.8, 4) is 5.75 Å². The maximum absolute atomic E-state index is 12.1. The fourth-order valence-electron chi connectivity index (χ4n) is 1.94. The number of hydrogen-bond donors (Lipinski definition) is 1. The molecule has 3 heteroatoms. The van der Waals surface area contributed by atoms with Gasteiger partial charge < -0.3 is 10.1 Å². The van der Waals surface area contributed by atoms with Crippen LogP contribution >= 0.6 is 0 Å². The van der Waals surface area contributed by atoms with Crippen molar-refractivity contribution >= 4 is 11.6 Å². The number of anilines is 1. The molecule has 2 aromatic rings. The lowest BCUT2D eigenvalue weighted by Gasteiger charge is -2.16. The van der Waals surface area contributed by atoms with Gasteiger partial charge in [0.15, 0.2) is 6.10 Å². The lowest BCUT2D eigenvalue weighted by atomic mass is 10.1. The normalized spacial score (nSPS) is 11.8. The van der Waals surface area contributed by atoms with E-state index in [1.165, 1.54) is 5.56 Å². The molecule has 0 aliphatic rings. The lowest BCUT2D eigenvalue weighted by Crippen LogP contribution is -2.30. The minimum Gasteiger partial charge on any atom is -0.481 e. The van der Waals surface area contributed by atoms with Gasteiger partial charge in [0.1, 0.15) is 5.75 Å². The Kier molecular flexibility index (Phi) is 4.41. The first-order valence-corrected chi connectivity index (χ1v) is 6.66. The van der Waals surface area contributed by atoms with E-state index in [2.05, 4.69) is 5.32 Å². The molecule has 20 heavy (non-hydrogen) atoms. The summed E-state index contributed by atoms with van der Waals surface area (Å²) in [5.41, 5.74) is 3.04. The van der Waals surface area contributed by atoms with Gasteiger partial charge in [-0.25, -0.2) is 0 Å². The molecule has 0 aliphatic heterocycles. The Balaban J connectivity index is 2.01. The average molecular weight is 269 g/mol. The van der Waals surface area contributed by atoms with Gasteiger partial charge in [0, 0.05) is 5.69 Å². The van der Waals surface area contributed by atoms with Gasteiger partial charge in [-0.1, -0.05) is 35.9 Å². The highest BCUT2D eigenvalue weighted by molar-refractivity contribution is 5.94. The van der Waals surface area contributed by atoms with Crippen molar-refractivity contribution in [3.63, 3.8) is 0 Å². The first-order chi connectivity index (χ1) is 9.56. The van der Waals surface area contributed by atoms with Crippen LogP contribution in [0.2, 0.25) is 0 Å². The van der Waals surface area contributed by atoms with E-state index < -0.39 is 6.10 Å². The van der Waals surface area contributed by atoms with E-state index >= 15 is 0 Å². The second-order valence-corrected chi connectivity index (χ2v) is 4.88. The molecule has 1 amide bonds. The van der Waals surface area contributed by atoms with Crippen LogP contribution in [0.15, 0.2) is 48.5 Å². The predicted octanol–water partition coefficient (Wildman–Crippen LogP) is 3.71. The van der Waals surface area contributed by atoms with Gasteiger partial charge in [0.2, 0.25) is 0 Å². The van der Waals surface area contributed by atoms with Crippen molar-refractivity contribution in [3.05, 3.63) is 59.7 Å².